The number of carbonyl (C=O) groups excluding carboxylic acids is 1. The molecule has 1 N–H and O–H groups in total. The van der Waals surface area contributed by atoms with Crippen LogP contribution >= 0.6 is 11.6 Å². The molecule has 2 aliphatic rings. The van der Waals surface area contributed by atoms with Gasteiger partial charge in [-0.1, -0.05) is 23.7 Å². The number of nitrogens with zero attached hydrogens (tertiary/aromatic N) is 3. The molecule has 0 spiro atoms. The van der Waals surface area contributed by atoms with Crippen LogP contribution in [0, 0.1) is 12.8 Å². The maximum absolute atomic E-state index is 12.5. The number of ether oxygens (including phenoxy) is 2. The molecule has 0 amide bonds. The van der Waals surface area contributed by atoms with Gasteiger partial charge in [-0.15, -0.1) is 0 Å². The Morgan fingerprint density at radius 2 is 2.16 bits per heavy atom. The van der Waals surface area contributed by atoms with Crippen molar-refractivity contribution in [3.63, 3.8) is 0 Å². The number of benzene rings is 1. The third kappa shape index (κ3) is 4.44. The standard InChI is InChI=1S/C23H25ClN4O3/c1-14-8-16(4-5-18(14)21(29)9-15-2-3-15)20-12-26-23-19(10-22(24)27-28(20)23)25-11-17-13-30-6-7-31-17/h4-5,8,10,12,15,17,25H,2-3,6-7,9,11,13H2,1H3. The molecule has 1 aliphatic carbocycles. The van der Waals surface area contributed by atoms with Gasteiger partial charge in [0.1, 0.15) is 0 Å². The zero-order valence-corrected chi connectivity index (χ0v) is 18.2. The molecule has 1 aromatic carbocycles. The van der Waals surface area contributed by atoms with Crippen LogP contribution in [0.4, 0.5) is 5.69 Å². The summed E-state index contributed by atoms with van der Waals surface area (Å²) in [7, 11) is 0. The number of hydrogen-bond donors (Lipinski definition) is 1. The minimum Gasteiger partial charge on any atom is -0.379 e. The van der Waals surface area contributed by atoms with Gasteiger partial charge in [-0.25, -0.2) is 9.50 Å². The number of nitrogens with one attached hydrogen (secondary N) is 1. The van der Waals surface area contributed by atoms with Gasteiger partial charge in [0.05, 0.1) is 43.5 Å². The number of anilines is 1. The summed E-state index contributed by atoms with van der Waals surface area (Å²) in [5, 5.41) is 8.19. The lowest BCUT2D eigenvalue weighted by Gasteiger charge is -2.23. The minimum absolute atomic E-state index is 0.0152. The molecule has 8 heteroatoms. The van der Waals surface area contributed by atoms with Crippen molar-refractivity contribution in [1.29, 1.82) is 0 Å². The van der Waals surface area contributed by atoms with Gasteiger partial charge in [-0.05, 0) is 37.3 Å². The van der Waals surface area contributed by atoms with Gasteiger partial charge in [-0.3, -0.25) is 4.79 Å². The van der Waals surface area contributed by atoms with E-state index >= 15 is 0 Å². The van der Waals surface area contributed by atoms with Crippen LogP contribution < -0.4 is 5.32 Å². The van der Waals surface area contributed by atoms with Crippen molar-refractivity contribution < 1.29 is 14.3 Å². The van der Waals surface area contributed by atoms with E-state index in [-0.39, 0.29) is 11.9 Å². The van der Waals surface area contributed by atoms with Crippen LogP contribution in [0.3, 0.4) is 0 Å². The average Bonchev–Trinajstić information content (AvgIpc) is 3.48. The number of hydrogen-bond acceptors (Lipinski definition) is 6. The molecule has 162 valence electrons. The van der Waals surface area contributed by atoms with Crippen molar-refractivity contribution in [3.05, 3.63) is 46.7 Å². The molecule has 1 atom stereocenters. The van der Waals surface area contributed by atoms with Crippen molar-refractivity contribution in [2.75, 3.05) is 31.7 Å². The number of ketones is 1. The van der Waals surface area contributed by atoms with E-state index < -0.39 is 0 Å². The first-order chi connectivity index (χ1) is 15.1. The van der Waals surface area contributed by atoms with Gasteiger partial charge in [0.15, 0.2) is 16.6 Å². The quantitative estimate of drug-likeness (QED) is 0.555. The second-order valence-electron chi connectivity index (χ2n) is 8.31. The summed E-state index contributed by atoms with van der Waals surface area (Å²) in [5.74, 6) is 0.805. The summed E-state index contributed by atoms with van der Waals surface area (Å²) in [6.07, 6.45) is 4.77. The highest BCUT2D eigenvalue weighted by Gasteiger charge is 2.25. The molecule has 31 heavy (non-hydrogen) atoms. The fourth-order valence-electron chi connectivity index (χ4n) is 3.97. The largest absolute Gasteiger partial charge is 0.379 e. The molecular formula is C23H25ClN4O3. The summed E-state index contributed by atoms with van der Waals surface area (Å²) in [6, 6.07) is 7.66. The van der Waals surface area contributed by atoms with E-state index in [1.54, 1.807) is 16.8 Å². The fourth-order valence-corrected chi connectivity index (χ4v) is 4.16. The molecule has 1 aliphatic heterocycles. The topological polar surface area (TPSA) is 77.8 Å². The van der Waals surface area contributed by atoms with Crippen LogP contribution in [-0.2, 0) is 9.47 Å². The van der Waals surface area contributed by atoms with E-state index in [0.29, 0.717) is 49.5 Å². The van der Waals surface area contributed by atoms with Gasteiger partial charge in [0.2, 0.25) is 0 Å². The number of halogens is 1. The predicted molar refractivity (Wildman–Crippen MR) is 119 cm³/mol. The zero-order valence-electron chi connectivity index (χ0n) is 17.4. The van der Waals surface area contributed by atoms with Crippen molar-refractivity contribution in [1.82, 2.24) is 14.6 Å². The predicted octanol–water partition coefficient (Wildman–Crippen LogP) is 4.17. The summed E-state index contributed by atoms with van der Waals surface area (Å²) < 4.78 is 12.9. The second-order valence-corrected chi connectivity index (χ2v) is 8.70. The van der Waals surface area contributed by atoms with Crippen molar-refractivity contribution in [2.24, 2.45) is 5.92 Å². The molecule has 0 radical (unpaired) electrons. The molecule has 1 saturated carbocycles. The average molecular weight is 441 g/mol. The van der Waals surface area contributed by atoms with Crippen molar-refractivity contribution >= 4 is 28.7 Å². The van der Waals surface area contributed by atoms with E-state index in [2.05, 4.69) is 15.4 Å². The first kappa shape index (κ1) is 20.4. The lowest BCUT2D eigenvalue weighted by atomic mass is 9.98. The first-order valence-corrected chi connectivity index (χ1v) is 11.1. The van der Waals surface area contributed by atoms with Gasteiger partial charge in [-0.2, -0.15) is 5.10 Å². The number of carbonyl (C=O) groups is 1. The van der Waals surface area contributed by atoms with Gasteiger partial charge >= 0.3 is 0 Å². The highest BCUT2D eigenvalue weighted by Crippen LogP contribution is 2.34. The number of imidazole rings is 1. The smallest absolute Gasteiger partial charge is 0.177 e. The molecular weight excluding hydrogens is 416 g/mol. The van der Waals surface area contributed by atoms with Crippen LogP contribution in [0.1, 0.15) is 35.2 Å². The molecule has 7 nitrogen and oxygen atoms in total. The Kier molecular flexibility index (Phi) is 5.65. The Bertz CT molecular complexity index is 1120. The highest BCUT2D eigenvalue weighted by atomic mass is 35.5. The van der Waals surface area contributed by atoms with E-state index in [1.807, 2.05) is 25.1 Å². The highest BCUT2D eigenvalue weighted by molar-refractivity contribution is 6.29. The number of rotatable bonds is 7. The Balaban J connectivity index is 1.41. The monoisotopic (exact) mass is 440 g/mol. The van der Waals surface area contributed by atoms with E-state index in [4.69, 9.17) is 21.1 Å². The van der Waals surface area contributed by atoms with Crippen LogP contribution in [0.25, 0.3) is 16.9 Å². The number of fused-ring (bicyclic) bond motifs is 1. The van der Waals surface area contributed by atoms with Crippen LogP contribution in [0.2, 0.25) is 5.15 Å². The van der Waals surface area contributed by atoms with Crippen molar-refractivity contribution in [2.45, 2.75) is 32.3 Å². The Labute approximate surface area is 185 Å². The van der Waals surface area contributed by atoms with Crippen LogP contribution in [-0.4, -0.2) is 52.9 Å². The SMILES string of the molecule is Cc1cc(-c2cnc3c(NCC4COCCO4)cc(Cl)nn23)ccc1C(=O)CC1CC1. The maximum atomic E-state index is 12.5. The molecule has 1 saturated heterocycles. The third-order valence-corrected chi connectivity index (χ3v) is 6.02. The Hall–Kier alpha value is -2.48. The summed E-state index contributed by atoms with van der Waals surface area (Å²) in [6.45, 7) is 4.37. The molecule has 2 aromatic heterocycles. The summed E-state index contributed by atoms with van der Waals surface area (Å²) in [4.78, 5) is 17.1. The number of aromatic nitrogens is 3. The van der Waals surface area contributed by atoms with Gasteiger partial charge in [0.25, 0.3) is 0 Å². The Morgan fingerprint density at radius 1 is 1.29 bits per heavy atom. The maximum Gasteiger partial charge on any atom is 0.177 e. The minimum atomic E-state index is -0.0152. The van der Waals surface area contributed by atoms with Crippen LogP contribution in [0.15, 0.2) is 30.5 Å². The summed E-state index contributed by atoms with van der Waals surface area (Å²) >= 11 is 6.31. The normalized spacial score (nSPS) is 19.0. The number of Topliss-reactive ketones (excluding diaryl/α,β-unsaturated/α-hetero) is 1. The first-order valence-electron chi connectivity index (χ1n) is 10.7. The Morgan fingerprint density at radius 3 is 2.90 bits per heavy atom. The molecule has 1 unspecified atom stereocenters. The lowest BCUT2D eigenvalue weighted by Crippen LogP contribution is -2.34. The van der Waals surface area contributed by atoms with E-state index in [9.17, 15) is 4.79 Å². The zero-order chi connectivity index (χ0) is 21.4. The van der Waals surface area contributed by atoms with Crippen LogP contribution in [0.5, 0.6) is 0 Å². The lowest BCUT2D eigenvalue weighted by molar-refractivity contribution is -0.0818. The molecule has 5 rings (SSSR count). The van der Waals surface area contributed by atoms with Crippen molar-refractivity contribution in [3.8, 4) is 11.3 Å². The fraction of sp³-hybridized carbons (Fsp3) is 0.435. The second kappa shape index (κ2) is 8.57. The van der Waals surface area contributed by atoms with Gasteiger partial charge < -0.3 is 14.8 Å². The molecule has 3 heterocycles. The molecule has 2 fully saturated rings. The van der Waals surface area contributed by atoms with Gasteiger partial charge in [0, 0.05) is 30.2 Å². The number of aryl methyl sites for hydroxylation is 1. The third-order valence-electron chi connectivity index (χ3n) is 5.84. The van der Waals surface area contributed by atoms with E-state index in [1.165, 1.54) is 12.8 Å². The molecule has 3 aromatic rings. The summed E-state index contributed by atoms with van der Waals surface area (Å²) in [5.41, 5.74) is 5.00. The molecule has 0 bridgehead atoms. The van der Waals surface area contributed by atoms with E-state index in [0.717, 1.165) is 28.1 Å².